The van der Waals surface area contributed by atoms with E-state index >= 15 is 0 Å². The molecule has 0 bridgehead atoms. The molecule has 49 heavy (non-hydrogen) atoms. The van der Waals surface area contributed by atoms with E-state index in [9.17, 15) is 13.2 Å². The minimum atomic E-state index is -3.51. The van der Waals surface area contributed by atoms with Crippen molar-refractivity contribution in [2.45, 2.75) is 69.2 Å². The summed E-state index contributed by atoms with van der Waals surface area (Å²) >= 11 is 6.39. The highest BCUT2D eigenvalue weighted by molar-refractivity contribution is 7.92. The summed E-state index contributed by atoms with van der Waals surface area (Å²) in [6.45, 7) is 15.4. The van der Waals surface area contributed by atoms with Crippen LogP contribution in [0.15, 0.2) is 35.4 Å². The van der Waals surface area contributed by atoms with E-state index in [1.165, 1.54) is 6.20 Å². The summed E-state index contributed by atoms with van der Waals surface area (Å²) in [5, 5.41) is 8.94. The molecule has 1 aromatic heterocycles. The van der Waals surface area contributed by atoms with Gasteiger partial charge in [-0.15, -0.1) is 0 Å². The molecule has 1 aromatic carbocycles. The Bertz CT molecular complexity index is 1400. The molecule has 1 atom stereocenters. The number of nitrogens with one attached hydrogen (secondary N) is 3. The minimum Gasteiger partial charge on any atom is -0.447 e. The lowest BCUT2D eigenvalue weighted by atomic mass is 10.1. The summed E-state index contributed by atoms with van der Waals surface area (Å²) in [5.41, 5.74) is 0.0773. The lowest BCUT2D eigenvalue weighted by molar-refractivity contribution is -0.00862. The zero-order valence-corrected chi connectivity index (χ0v) is 30.9. The van der Waals surface area contributed by atoms with Crippen molar-refractivity contribution in [1.82, 2.24) is 20.2 Å². The molecule has 3 rings (SSSR count). The molecule has 14 nitrogen and oxygen atoms in total. The average Bonchev–Trinajstić information content (AvgIpc) is 3.04. The van der Waals surface area contributed by atoms with Gasteiger partial charge in [-0.25, -0.2) is 18.2 Å². The number of aromatic nitrogens is 2. The van der Waals surface area contributed by atoms with E-state index in [1.54, 1.807) is 38.1 Å². The number of anilines is 3. The van der Waals surface area contributed by atoms with Crippen LogP contribution in [0.1, 0.15) is 47.5 Å². The monoisotopic (exact) mass is 728 g/mol. The van der Waals surface area contributed by atoms with E-state index in [2.05, 4.69) is 30.8 Å². The summed E-state index contributed by atoms with van der Waals surface area (Å²) in [5.74, 6) is 0.746. The fourth-order valence-corrected chi connectivity index (χ4v) is 6.11. The maximum absolute atomic E-state index is 12.9. The number of hydrogen-bond donors (Lipinski definition) is 3. The molecule has 276 valence electrons. The van der Waals surface area contributed by atoms with Gasteiger partial charge in [0, 0.05) is 24.7 Å². The third kappa shape index (κ3) is 15.3. The topological polar surface area (TPSA) is 162 Å². The Labute approximate surface area is 295 Å². The Morgan fingerprint density at radius 3 is 2.22 bits per heavy atom. The molecular weight excluding hydrogens is 676 g/mol. The number of sulfone groups is 1. The molecular formula is C33H53ClN6O8S. The van der Waals surface area contributed by atoms with Crippen LogP contribution in [0.4, 0.5) is 22.2 Å². The first kappa shape index (κ1) is 40.6. The summed E-state index contributed by atoms with van der Waals surface area (Å²) in [7, 11) is -3.51. The Balaban J connectivity index is 1.26. The molecule has 1 saturated heterocycles. The van der Waals surface area contributed by atoms with Crippen LogP contribution in [-0.4, -0.2) is 125 Å². The predicted molar refractivity (Wildman–Crippen MR) is 190 cm³/mol. The van der Waals surface area contributed by atoms with Crippen molar-refractivity contribution >= 4 is 45.0 Å². The van der Waals surface area contributed by atoms with Gasteiger partial charge in [0.25, 0.3) is 0 Å². The molecule has 2 heterocycles. The van der Waals surface area contributed by atoms with E-state index in [0.717, 1.165) is 32.5 Å². The molecule has 0 radical (unpaired) electrons. The van der Waals surface area contributed by atoms with E-state index in [-0.39, 0.29) is 28.1 Å². The van der Waals surface area contributed by atoms with Gasteiger partial charge in [-0.3, -0.25) is 4.90 Å². The third-order valence-corrected chi connectivity index (χ3v) is 9.74. The molecule has 0 saturated carbocycles. The number of likely N-dealkylation sites (tertiary alicyclic amines) is 1. The highest BCUT2D eigenvalue weighted by Crippen LogP contribution is 2.30. The number of para-hydroxylation sites is 1. The number of alkyl carbamates (subject to hydrolysis) is 1. The van der Waals surface area contributed by atoms with Crippen molar-refractivity contribution in [3.05, 3.63) is 35.5 Å². The number of ether oxygens (including phenoxy) is 5. The van der Waals surface area contributed by atoms with Crippen molar-refractivity contribution in [2.24, 2.45) is 0 Å². The lowest BCUT2D eigenvalue weighted by Gasteiger charge is -2.33. The second kappa shape index (κ2) is 20.8. The third-order valence-electron chi connectivity index (χ3n) is 7.26. The van der Waals surface area contributed by atoms with Crippen LogP contribution in [0.25, 0.3) is 0 Å². The van der Waals surface area contributed by atoms with Crippen LogP contribution >= 0.6 is 11.6 Å². The van der Waals surface area contributed by atoms with Gasteiger partial charge in [-0.1, -0.05) is 23.7 Å². The second-order valence-electron chi connectivity index (χ2n) is 12.8. The van der Waals surface area contributed by atoms with Crippen molar-refractivity contribution in [1.29, 1.82) is 0 Å². The first-order valence-corrected chi connectivity index (χ1v) is 18.6. The number of benzene rings is 1. The fourth-order valence-electron chi connectivity index (χ4n) is 4.77. The number of rotatable bonds is 21. The van der Waals surface area contributed by atoms with Gasteiger partial charge in [-0.05, 0) is 66.1 Å². The molecule has 1 amide bonds. The molecule has 1 aliphatic rings. The second-order valence-corrected chi connectivity index (χ2v) is 15.7. The molecule has 1 aliphatic heterocycles. The van der Waals surface area contributed by atoms with Crippen LogP contribution in [0.2, 0.25) is 5.02 Å². The summed E-state index contributed by atoms with van der Waals surface area (Å²) in [6, 6.07) is 6.86. The normalized spacial score (nSPS) is 15.7. The van der Waals surface area contributed by atoms with Gasteiger partial charge in [0.05, 0.1) is 74.9 Å². The number of halogens is 1. The molecule has 2 aromatic rings. The maximum atomic E-state index is 12.9. The molecule has 0 aliphatic carbocycles. The fraction of sp³-hybridized carbons (Fsp3) is 0.667. The SMILES string of the molecule is CC(C)S(=O)(=O)c1ccccc1Nc1nc(N[C@@H]2CCCN(CCOCCOCCOCCOCCOC(=O)NC(C)(C)C)C2)ncc1Cl. The molecule has 1 fully saturated rings. The number of amides is 1. The van der Waals surface area contributed by atoms with E-state index in [1.807, 2.05) is 20.8 Å². The number of hydrogen-bond acceptors (Lipinski definition) is 13. The van der Waals surface area contributed by atoms with Crippen LogP contribution < -0.4 is 16.0 Å². The van der Waals surface area contributed by atoms with Crippen molar-refractivity contribution in [3.63, 3.8) is 0 Å². The van der Waals surface area contributed by atoms with Gasteiger partial charge >= 0.3 is 6.09 Å². The average molecular weight is 729 g/mol. The van der Waals surface area contributed by atoms with Crippen LogP contribution in [0.5, 0.6) is 0 Å². The maximum Gasteiger partial charge on any atom is 0.407 e. The summed E-state index contributed by atoms with van der Waals surface area (Å²) in [4.78, 5) is 23.0. The van der Waals surface area contributed by atoms with Gasteiger partial charge < -0.3 is 39.6 Å². The minimum absolute atomic E-state index is 0.137. The summed E-state index contributed by atoms with van der Waals surface area (Å²) < 4.78 is 53.0. The standard InChI is InChI=1S/C33H53ClN6O8S/c1-25(2)49(42,43)29-11-7-6-10-28(29)37-30-27(34)23-35-31(38-30)36-26-9-8-12-40(24-26)13-14-44-15-16-45-17-18-46-19-20-47-21-22-48-32(41)39-33(3,4)5/h6-7,10-11,23,25-26H,8-9,12-22,24H2,1-5H3,(H,39,41)(H2,35,36,37,38)/t26-/m1/s1. The molecule has 16 heteroatoms. The van der Waals surface area contributed by atoms with Gasteiger partial charge in [0.15, 0.2) is 15.7 Å². The highest BCUT2D eigenvalue weighted by Gasteiger charge is 2.24. The smallest absolute Gasteiger partial charge is 0.407 e. The number of carbonyl (C=O) groups excluding carboxylic acids is 1. The van der Waals surface area contributed by atoms with E-state index in [0.29, 0.717) is 70.3 Å². The van der Waals surface area contributed by atoms with E-state index in [4.69, 9.17) is 35.3 Å². The Kier molecular flexibility index (Phi) is 17.2. The predicted octanol–water partition coefficient (Wildman–Crippen LogP) is 4.52. The highest BCUT2D eigenvalue weighted by atomic mass is 35.5. The van der Waals surface area contributed by atoms with Crippen molar-refractivity contribution in [2.75, 3.05) is 89.7 Å². The Morgan fingerprint density at radius 2 is 1.59 bits per heavy atom. The quantitative estimate of drug-likeness (QED) is 0.154. The summed E-state index contributed by atoms with van der Waals surface area (Å²) in [6.07, 6.45) is 3.04. The lowest BCUT2D eigenvalue weighted by Crippen LogP contribution is -2.43. The molecule has 0 spiro atoms. The largest absolute Gasteiger partial charge is 0.447 e. The van der Waals surface area contributed by atoms with Gasteiger partial charge in [0.1, 0.15) is 11.6 Å². The first-order chi connectivity index (χ1) is 23.3. The van der Waals surface area contributed by atoms with Crippen LogP contribution in [0.3, 0.4) is 0 Å². The van der Waals surface area contributed by atoms with Gasteiger partial charge in [0.2, 0.25) is 5.95 Å². The number of carbonyl (C=O) groups is 1. The van der Waals surface area contributed by atoms with Gasteiger partial charge in [-0.2, -0.15) is 4.98 Å². The molecule has 3 N–H and O–H groups in total. The first-order valence-electron chi connectivity index (χ1n) is 16.7. The van der Waals surface area contributed by atoms with Crippen LogP contribution in [-0.2, 0) is 33.5 Å². The number of nitrogens with zero attached hydrogens (tertiary/aromatic N) is 3. The van der Waals surface area contributed by atoms with Crippen molar-refractivity contribution < 1.29 is 36.9 Å². The Hall–Kier alpha value is -2.79. The Morgan fingerprint density at radius 1 is 0.980 bits per heavy atom. The van der Waals surface area contributed by atoms with Crippen LogP contribution in [0, 0.1) is 0 Å². The van der Waals surface area contributed by atoms with E-state index < -0.39 is 21.2 Å². The zero-order chi connectivity index (χ0) is 35.7. The zero-order valence-electron chi connectivity index (χ0n) is 29.3. The number of piperidine rings is 1. The molecule has 0 unspecified atom stereocenters. The van der Waals surface area contributed by atoms with Crippen molar-refractivity contribution in [3.8, 4) is 0 Å².